The monoisotopic (exact) mass is 510 g/mol. The summed E-state index contributed by atoms with van der Waals surface area (Å²) in [6.07, 6.45) is 1.38. The molecule has 0 aliphatic heterocycles. The Labute approximate surface area is 224 Å². The summed E-state index contributed by atoms with van der Waals surface area (Å²) in [7, 11) is 1.40. The van der Waals surface area contributed by atoms with Gasteiger partial charge in [-0.1, -0.05) is 121 Å². The average molecular weight is 511 g/mol. The van der Waals surface area contributed by atoms with E-state index in [1.807, 2.05) is 72.8 Å². The number of thioether (sulfide) groups is 1. The number of hydrogen-bond acceptors (Lipinski definition) is 4. The third kappa shape index (κ3) is 6.51. The van der Waals surface area contributed by atoms with Crippen LogP contribution < -0.4 is 0 Å². The highest BCUT2D eigenvalue weighted by atomic mass is 32.2. The quantitative estimate of drug-likeness (QED) is 0.167. The van der Waals surface area contributed by atoms with E-state index in [0.717, 1.165) is 29.5 Å². The maximum Gasteiger partial charge on any atom is 0.311 e. The van der Waals surface area contributed by atoms with Gasteiger partial charge in [-0.05, 0) is 41.5 Å². The third-order valence-electron chi connectivity index (χ3n) is 6.80. The predicted octanol–water partition coefficient (Wildman–Crippen LogP) is 6.88. The summed E-state index contributed by atoms with van der Waals surface area (Å²) in [4.78, 5) is 12.7. The van der Waals surface area contributed by atoms with Gasteiger partial charge in [-0.3, -0.25) is 4.79 Å². The van der Waals surface area contributed by atoms with Crippen molar-refractivity contribution in [3.63, 3.8) is 0 Å². The minimum absolute atomic E-state index is 0.356. The summed E-state index contributed by atoms with van der Waals surface area (Å²) in [5.74, 6) is -0.559. The number of carbonyl (C=O) groups excluding carboxylic acids is 1. The second-order valence-electron chi connectivity index (χ2n) is 9.17. The number of esters is 1. The van der Waals surface area contributed by atoms with Crippen LogP contribution in [0.25, 0.3) is 0 Å². The maximum absolute atomic E-state index is 12.7. The van der Waals surface area contributed by atoms with Crippen LogP contribution in [0.2, 0.25) is 0 Å². The molecule has 37 heavy (non-hydrogen) atoms. The Morgan fingerprint density at radius 2 is 1.19 bits per heavy atom. The highest BCUT2D eigenvalue weighted by molar-refractivity contribution is 8.00. The van der Waals surface area contributed by atoms with Crippen LogP contribution in [0.3, 0.4) is 0 Å². The summed E-state index contributed by atoms with van der Waals surface area (Å²) in [6, 6.07) is 41.4. The second-order valence-corrected chi connectivity index (χ2v) is 10.4. The number of hydrogen-bond donors (Lipinski definition) is 1. The minimum atomic E-state index is -0.844. The lowest BCUT2D eigenvalue weighted by Gasteiger charge is -2.36. The molecule has 0 amide bonds. The Balaban J connectivity index is 1.62. The minimum Gasteiger partial charge on any atom is -0.469 e. The number of carbonyl (C=O) groups is 1. The van der Waals surface area contributed by atoms with Crippen LogP contribution in [-0.4, -0.2) is 30.0 Å². The lowest BCUT2D eigenvalue weighted by Crippen LogP contribution is -2.34. The molecule has 190 valence electrons. The van der Waals surface area contributed by atoms with Gasteiger partial charge in [0.15, 0.2) is 0 Å². The maximum atomic E-state index is 12.7. The smallest absolute Gasteiger partial charge is 0.311 e. The van der Waals surface area contributed by atoms with Gasteiger partial charge in [0, 0.05) is 5.75 Å². The molecule has 4 heteroatoms. The number of aliphatic hydroxyl groups is 1. The molecule has 3 nitrogen and oxygen atoms in total. The number of aryl methyl sites for hydroxylation is 1. The molecule has 0 saturated heterocycles. The van der Waals surface area contributed by atoms with Gasteiger partial charge in [-0.25, -0.2) is 0 Å². The molecule has 0 spiro atoms. The Hall–Kier alpha value is -3.34. The first-order chi connectivity index (χ1) is 18.1. The van der Waals surface area contributed by atoms with E-state index in [1.54, 1.807) is 11.8 Å². The number of benzene rings is 4. The summed E-state index contributed by atoms with van der Waals surface area (Å²) in [6.45, 7) is 0. The summed E-state index contributed by atoms with van der Waals surface area (Å²) in [5, 5.41) is 11.4. The van der Waals surface area contributed by atoms with E-state index in [2.05, 4.69) is 48.5 Å². The average Bonchev–Trinajstić information content (AvgIpc) is 2.97. The summed E-state index contributed by atoms with van der Waals surface area (Å²) >= 11 is 1.66. The van der Waals surface area contributed by atoms with Gasteiger partial charge in [0.2, 0.25) is 0 Å². The van der Waals surface area contributed by atoms with E-state index in [0.29, 0.717) is 12.2 Å². The normalized spacial score (nSPS) is 13.0. The Bertz CT molecular complexity index is 1120. The number of aliphatic hydroxyl groups excluding tert-OH is 1. The largest absolute Gasteiger partial charge is 0.469 e. The molecule has 0 radical (unpaired) electrons. The van der Waals surface area contributed by atoms with Crippen LogP contribution in [0.1, 0.15) is 35.1 Å². The van der Waals surface area contributed by atoms with Crippen LogP contribution in [0.5, 0.6) is 0 Å². The van der Waals surface area contributed by atoms with Gasteiger partial charge >= 0.3 is 5.97 Å². The fourth-order valence-corrected chi connectivity index (χ4v) is 6.45. The zero-order chi connectivity index (χ0) is 25.9. The number of methoxy groups -OCH3 is 1. The molecule has 2 unspecified atom stereocenters. The SMILES string of the molecule is COC(=O)C(CCCc1ccccc1)C(O)CSC(c1ccccc1)(c1ccccc1)c1ccccc1. The van der Waals surface area contributed by atoms with Gasteiger partial charge in [0.25, 0.3) is 0 Å². The lowest BCUT2D eigenvalue weighted by atomic mass is 9.84. The van der Waals surface area contributed by atoms with E-state index in [1.165, 1.54) is 12.7 Å². The van der Waals surface area contributed by atoms with Crippen molar-refractivity contribution in [1.82, 2.24) is 0 Å². The molecule has 0 saturated carbocycles. The van der Waals surface area contributed by atoms with Gasteiger partial charge in [-0.2, -0.15) is 0 Å². The lowest BCUT2D eigenvalue weighted by molar-refractivity contribution is -0.149. The molecule has 0 heterocycles. The zero-order valence-electron chi connectivity index (χ0n) is 21.2. The van der Waals surface area contributed by atoms with Crippen molar-refractivity contribution < 1.29 is 14.6 Å². The van der Waals surface area contributed by atoms with Crippen LogP contribution in [-0.2, 0) is 20.7 Å². The van der Waals surface area contributed by atoms with Gasteiger partial charge in [0.1, 0.15) is 0 Å². The highest BCUT2D eigenvalue weighted by Crippen LogP contribution is 2.49. The van der Waals surface area contributed by atoms with Gasteiger partial charge in [0.05, 0.1) is 23.9 Å². The highest BCUT2D eigenvalue weighted by Gasteiger charge is 2.39. The first kappa shape index (κ1) is 26.7. The van der Waals surface area contributed by atoms with Gasteiger partial charge < -0.3 is 9.84 Å². The zero-order valence-corrected chi connectivity index (χ0v) is 22.0. The first-order valence-electron chi connectivity index (χ1n) is 12.8. The Morgan fingerprint density at radius 1 is 0.757 bits per heavy atom. The standard InChI is InChI=1S/C33H34O3S/c1-36-32(35)30(24-14-17-26-15-6-2-7-16-26)31(34)25-37-33(27-18-8-3-9-19-27,28-20-10-4-11-21-28)29-22-12-5-13-23-29/h2-13,15-16,18-23,30-31,34H,14,17,24-25H2,1H3. The molecular weight excluding hydrogens is 476 g/mol. The fraction of sp³-hybridized carbons (Fsp3) is 0.242. The molecule has 0 aliphatic carbocycles. The number of ether oxygens (including phenoxy) is 1. The fourth-order valence-electron chi connectivity index (χ4n) is 4.88. The van der Waals surface area contributed by atoms with Crippen LogP contribution in [0, 0.1) is 5.92 Å². The van der Waals surface area contributed by atoms with Crippen molar-refractivity contribution in [3.8, 4) is 0 Å². The van der Waals surface area contributed by atoms with Crippen LogP contribution >= 0.6 is 11.8 Å². The Kier molecular flexibility index (Phi) is 9.58. The van der Waals surface area contributed by atoms with E-state index in [4.69, 9.17) is 4.74 Å². The van der Waals surface area contributed by atoms with E-state index < -0.39 is 16.8 Å². The van der Waals surface area contributed by atoms with Gasteiger partial charge in [-0.15, -0.1) is 11.8 Å². The molecule has 0 aromatic heterocycles. The van der Waals surface area contributed by atoms with Crippen molar-refractivity contribution >= 4 is 17.7 Å². The summed E-state index contributed by atoms with van der Waals surface area (Å²) in [5.41, 5.74) is 4.61. The topological polar surface area (TPSA) is 46.5 Å². The van der Waals surface area contributed by atoms with E-state index in [9.17, 15) is 9.90 Å². The molecule has 2 atom stereocenters. The third-order valence-corrected chi connectivity index (χ3v) is 8.45. The van der Waals surface area contributed by atoms with Crippen molar-refractivity contribution in [2.75, 3.05) is 12.9 Å². The van der Waals surface area contributed by atoms with Crippen molar-refractivity contribution in [2.24, 2.45) is 5.92 Å². The Morgan fingerprint density at radius 3 is 1.62 bits per heavy atom. The molecular formula is C33H34O3S. The first-order valence-corrected chi connectivity index (χ1v) is 13.7. The van der Waals surface area contributed by atoms with Crippen molar-refractivity contribution in [3.05, 3.63) is 144 Å². The number of rotatable bonds is 12. The van der Waals surface area contributed by atoms with Crippen LogP contribution in [0.15, 0.2) is 121 Å². The summed E-state index contributed by atoms with van der Waals surface area (Å²) < 4.78 is 4.57. The molecule has 4 aromatic carbocycles. The van der Waals surface area contributed by atoms with Crippen LogP contribution in [0.4, 0.5) is 0 Å². The van der Waals surface area contributed by atoms with E-state index >= 15 is 0 Å². The molecule has 0 fully saturated rings. The second kappa shape index (κ2) is 13.3. The molecule has 0 bridgehead atoms. The van der Waals surface area contributed by atoms with E-state index in [-0.39, 0.29) is 5.97 Å². The molecule has 1 N–H and O–H groups in total. The molecule has 4 aromatic rings. The van der Waals surface area contributed by atoms with Crippen molar-refractivity contribution in [2.45, 2.75) is 30.1 Å². The molecule has 0 aliphatic rings. The van der Waals surface area contributed by atoms with Crippen molar-refractivity contribution in [1.29, 1.82) is 0 Å². The molecule has 4 rings (SSSR count). The predicted molar refractivity (Wildman–Crippen MR) is 153 cm³/mol.